The van der Waals surface area contributed by atoms with Crippen molar-refractivity contribution in [2.24, 2.45) is 11.8 Å². The van der Waals surface area contributed by atoms with Gasteiger partial charge in [0.25, 0.3) is 0 Å². The second-order valence-electron chi connectivity index (χ2n) is 12.6. The molecule has 3 atom stereocenters. The second kappa shape index (κ2) is 10.0. The molecule has 40 heavy (non-hydrogen) atoms. The molecule has 2 saturated carbocycles. The predicted octanol–water partition coefficient (Wildman–Crippen LogP) is 7.86. The van der Waals surface area contributed by atoms with Crippen molar-refractivity contribution in [1.82, 2.24) is 4.90 Å². The number of halogens is 4. The van der Waals surface area contributed by atoms with Gasteiger partial charge in [-0.05, 0) is 105 Å². The Labute approximate surface area is 232 Å². The van der Waals surface area contributed by atoms with Gasteiger partial charge in [-0.1, -0.05) is 25.1 Å². The highest BCUT2D eigenvalue weighted by Gasteiger charge is 2.45. The molecule has 1 spiro atoms. The Morgan fingerprint density at radius 3 is 2.33 bits per heavy atom. The molecule has 6 rings (SSSR count). The Kier molecular flexibility index (Phi) is 6.91. The largest absolute Gasteiger partial charge is 0.484 e. The van der Waals surface area contributed by atoms with Crippen LogP contribution in [0.5, 0.6) is 5.75 Å². The van der Waals surface area contributed by atoms with Crippen LogP contribution >= 0.6 is 0 Å². The number of rotatable bonds is 7. The fraction of sp³-hybridized carbons (Fsp3) is 0.594. The first-order valence-electron chi connectivity index (χ1n) is 14.7. The van der Waals surface area contributed by atoms with E-state index in [0.29, 0.717) is 43.8 Å². The van der Waals surface area contributed by atoms with Crippen LogP contribution in [-0.4, -0.2) is 34.7 Å². The van der Waals surface area contributed by atoms with Crippen molar-refractivity contribution in [2.75, 3.05) is 13.1 Å². The van der Waals surface area contributed by atoms with Crippen LogP contribution in [0.4, 0.5) is 17.6 Å². The summed E-state index contributed by atoms with van der Waals surface area (Å²) in [5.41, 5.74) is 1.92. The van der Waals surface area contributed by atoms with E-state index in [2.05, 4.69) is 4.90 Å². The normalized spacial score (nSPS) is 23.2. The molecule has 3 unspecified atom stereocenters. The molecule has 0 aromatic heterocycles. The smallest absolute Gasteiger partial charge is 0.416 e. The number of benzene rings is 2. The molecule has 2 aromatic rings. The van der Waals surface area contributed by atoms with Crippen LogP contribution < -0.4 is 4.74 Å². The van der Waals surface area contributed by atoms with E-state index in [1.54, 1.807) is 19.1 Å². The number of ether oxygens (including phenoxy) is 1. The standard InChI is InChI=1S/C32H37F4NO3/c1-18(30(38)39)27(21-5-6-21)25-9-7-22-11-12-31(40-29(22)28(25)33)13-15-37(16-14-31)19(2)26-17-23(32(34,35)36)8-10-24(26)20-3-4-20/h7-10,17-21,27H,3-6,11-16H2,1-2H3,(H,38,39). The molecule has 2 aromatic carbocycles. The molecule has 3 fully saturated rings. The van der Waals surface area contributed by atoms with Crippen molar-refractivity contribution >= 4 is 5.97 Å². The first-order chi connectivity index (χ1) is 19.0. The molecule has 0 radical (unpaired) electrons. The number of carboxylic acids is 1. The molecule has 2 aliphatic carbocycles. The minimum Gasteiger partial charge on any atom is -0.484 e. The number of aryl methyl sites for hydroxylation is 1. The van der Waals surface area contributed by atoms with E-state index in [1.165, 1.54) is 12.1 Å². The lowest BCUT2D eigenvalue weighted by molar-refractivity contribution is -0.142. The number of nitrogens with zero attached hydrogens (tertiary/aromatic N) is 1. The van der Waals surface area contributed by atoms with Gasteiger partial charge in [-0.3, -0.25) is 9.69 Å². The van der Waals surface area contributed by atoms with Crippen LogP contribution in [0.25, 0.3) is 0 Å². The summed E-state index contributed by atoms with van der Waals surface area (Å²) in [6.45, 7) is 4.95. The average Bonchev–Trinajstić information content (AvgIpc) is 3.84. The van der Waals surface area contributed by atoms with E-state index in [-0.39, 0.29) is 23.6 Å². The molecule has 4 nitrogen and oxygen atoms in total. The van der Waals surface area contributed by atoms with E-state index in [0.717, 1.165) is 48.8 Å². The monoisotopic (exact) mass is 559 g/mol. The predicted molar refractivity (Wildman–Crippen MR) is 143 cm³/mol. The molecule has 4 aliphatic rings. The third kappa shape index (κ3) is 5.12. The Hall–Kier alpha value is -2.61. The van der Waals surface area contributed by atoms with Crippen molar-refractivity contribution in [3.05, 3.63) is 64.0 Å². The SMILES string of the molecule is CC(C(=O)O)C(c1ccc2c(c1F)OC1(CC2)CCN(C(C)c2cc(C(F)(F)F)ccc2C2CC2)CC1)C1CC1. The summed E-state index contributed by atoms with van der Waals surface area (Å²) in [7, 11) is 0. The molecule has 0 amide bonds. The number of alkyl halides is 3. The van der Waals surface area contributed by atoms with E-state index in [1.807, 2.05) is 13.0 Å². The van der Waals surface area contributed by atoms with Crippen molar-refractivity contribution in [3.63, 3.8) is 0 Å². The summed E-state index contributed by atoms with van der Waals surface area (Å²) < 4.78 is 63.1. The average molecular weight is 560 g/mol. The highest BCUT2D eigenvalue weighted by atomic mass is 19.4. The van der Waals surface area contributed by atoms with Crippen molar-refractivity contribution < 1.29 is 32.2 Å². The minimum atomic E-state index is -4.38. The van der Waals surface area contributed by atoms with Gasteiger partial charge in [-0.15, -0.1) is 0 Å². The van der Waals surface area contributed by atoms with Crippen molar-refractivity contribution in [1.29, 1.82) is 0 Å². The molecule has 1 N–H and O–H groups in total. The van der Waals surface area contributed by atoms with Gasteiger partial charge in [0, 0.05) is 25.0 Å². The number of hydrogen-bond donors (Lipinski definition) is 1. The summed E-state index contributed by atoms with van der Waals surface area (Å²) in [6, 6.07) is 7.70. The molecular weight excluding hydrogens is 522 g/mol. The number of carboxylic acid groups (broad SMARTS) is 1. The van der Waals surface area contributed by atoms with Gasteiger partial charge < -0.3 is 9.84 Å². The lowest BCUT2D eigenvalue weighted by Gasteiger charge is -2.46. The van der Waals surface area contributed by atoms with E-state index < -0.39 is 35.0 Å². The zero-order chi connectivity index (χ0) is 28.4. The fourth-order valence-electron chi connectivity index (χ4n) is 7.09. The van der Waals surface area contributed by atoms with E-state index >= 15 is 4.39 Å². The molecule has 2 aliphatic heterocycles. The first kappa shape index (κ1) is 27.6. The van der Waals surface area contributed by atoms with Gasteiger partial charge in [0.05, 0.1) is 11.5 Å². The third-order valence-corrected chi connectivity index (χ3v) is 9.93. The van der Waals surface area contributed by atoms with Crippen LogP contribution in [0.1, 0.15) is 104 Å². The highest BCUT2D eigenvalue weighted by Crippen LogP contribution is 2.51. The van der Waals surface area contributed by atoms with Crippen LogP contribution in [0.3, 0.4) is 0 Å². The Morgan fingerprint density at radius 2 is 1.73 bits per heavy atom. The lowest BCUT2D eigenvalue weighted by Crippen LogP contribution is -2.50. The summed E-state index contributed by atoms with van der Waals surface area (Å²) in [5, 5.41) is 9.66. The minimum absolute atomic E-state index is 0.161. The van der Waals surface area contributed by atoms with Gasteiger partial charge in [0.15, 0.2) is 11.6 Å². The third-order valence-electron chi connectivity index (χ3n) is 9.93. The van der Waals surface area contributed by atoms with E-state index in [4.69, 9.17) is 4.74 Å². The van der Waals surface area contributed by atoms with Crippen LogP contribution in [0.2, 0.25) is 0 Å². The molecule has 0 bridgehead atoms. The maximum Gasteiger partial charge on any atom is 0.416 e. The van der Waals surface area contributed by atoms with Crippen LogP contribution in [0.15, 0.2) is 30.3 Å². The topological polar surface area (TPSA) is 49.8 Å². The van der Waals surface area contributed by atoms with Crippen LogP contribution in [0, 0.1) is 17.7 Å². The second-order valence-corrected chi connectivity index (χ2v) is 12.6. The van der Waals surface area contributed by atoms with Gasteiger partial charge in [0.2, 0.25) is 0 Å². The number of fused-ring (bicyclic) bond motifs is 1. The van der Waals surface area contributed by atoms with Crippen molar-refractivity contribution in [3.8, 4) is 5.75 Å². The summed E-state index contributed by atoms with van der Waals surface area (Å²) >= 11 is 0. The van der Waals surface area contributed by atoms with E-state index in [9.17, 15) is 23.1 Å². The molecular formula is C32H37F4NO3. The zero-order valence-corrected chi connectivity index (χ0v) is 23.1. The number of aliphatic carboxylic acids is 1. The number of likely N-dealkylation sites (tertiary alicyclic amines) is 1. The first-order valence-corrected chi connectivity index (χ1v) is 14.7. The summed E-state index contributed by atoms with van der Waals surface area (Å²) in [5.74, 6) is -1.61. The number of hydrogen-bond acceptors (Lipinski definition) is 3. The highest BCUT2D eigenvalue weighted by molar-refractivity contribution is 5.71. The Morgan fingerprint density at radius 1 is 1.02 bits per heavy atom. The zero-order valence-electron chi connectivity index (χ0n) is 23.1. The Bertz CT molecular complexity index is 1290. The van der Waals surface area contributed by atoms with Gasteiger partial charge in [-0.25, -0.2) is 4.39 Å². The number of carbonyl (C=O) groups is 1. The molecule has 216 valence electrons. The molecule has 2 heterocycles. The molecule has 1 saturated heterocycles. The van der Waals surface area contributed by atoms with Gasteiger partial charge >= 0.3 is 12.1 Å². The summed E-state index contributed by atoms with van der Waals surface area (Å²) in [4.78, 5) is 14.0. The maximum atomic E-state index is 16.0. The quantitative estimate of drug-likeness (QED) is 0.351. The number of piperidine rings is 1. The fourth-order valence-corrected chi connectivity index (χ4v) is 7.09. The van der Waals surface area contributed by atoms with Gasteiger partial charge in [-0.2, -0.15) is 13.2 Å². The Balaban J connectivity index is 1.20. The lowest BCUT2D eigenvalue weighted by atomic mass is 9.79. The molecule has 8 heteroatoms. The summed E-state index contributed by atoms with van der Waals surface area (Å²) in [6.07, 6.45) is 2.24. The maximum absolute atomic E-state index is 16.0. The van der Waals surface area contributed by atoms with Crippen LogP contribution in [-0.2, 0) is 17.4 Å². The van der Waals surface area contributed by atoms with Crippen molar-refractivity contribution in [2.45, 2.75) is 94.9 Å². The van der Waals surface area contributed by atoms with Gasteiger partial charge in [0.1, 0.15) is 5.60 Å².